The monoisotopic (exact) mass is 431 g/mol. The van der Waals surface area contributed by atoms with E-state index >= 15 is 0 Å². The zero-order chi connectivity index (χ0) is 21.6. The number of aryl methyl sites for hydroxylation is 1. The number of fused-ring (bicyclic) bond motifs is 3. The molecule has 0 saturated heterocycles. The number of hydrogen-bond donors (Lipinski definition) is 2. The Morgan fingerprint density at radius 1 is 0.968 bits per heavy atom. The van der Waals surface area contributed by atoms with Crippen LogP contribution in [-0.2, 0) is 16.9 Å². The van der Waals surface area contributed by atoms with Crippen molar-refractivity contribution in [1.82, 2.24) is 0 Å². The normalized spacial score (nSPS) is 19.1. The minimum absolute atomic E-state index is 0.237. The van der Waals surface area contributed by atoms with E-state index in [0.29, 0.717) is 33.2 Å². The van der Waals surface area contributed by atoms with Crippen molar-refractivity contribution >= 4 is 40.5 Å². The summed E-state index contributed by atoms with van der Waals surface area (Å²) >= 11 is 6.39. The lowest BCUT2D eigenvalue weighted by Crippen LogP contribution is -2.61. The van der Waals surface area contributed by atoms with Crippen molar-refractivity contribution in [1.29, 1.82) is 0 Å². The Kier molecular flexibility index (Phi) is 4.71. The summed E-state index contributed by atoms with van der Waals surface area (Å²) < 4.78 is 0. The Morgan fingerprint density at radius 2 is 1.74 bits per heavy atom. The molecule has 2 amide bonds. The van der Waals surface area contributed by atoms with E-state index in [1.54, 1.807) is 23.1 Å². The van der Waals surface area contributed by atoms with Crippen LogP contribution in [0.4, 0.5) is 17.1 Å². The van der Waals surface area contributed by atoms with E-state index in [9.17, 15) is 9.59 Å². The second kappa shape index (κ2) is 7.43. The van der Waals surface area contributed by atoms with Gasteiger partial charge in [-0.3, -0.25) is 14.5 Å². The maximum absolute atomic E-state index is 13.7. The number of carbonyl (C=O) groups excluding carboxylic acids is 2. The molecule has 0 radical (unpaired) electrons. The molecule has 3 aromatic rings. The minimum Gasteiger partial charge on any atom is -0.350 e. The number of para-hydroxylation sites is 2. The fraction of sp³-hybridized carbons (Fsp3) is 0.200. The fourth-order valence-electron chi connectivity index (χ4n) is 4.43. The van der Waals surface area contributed by atoms with Crippen LogP contribution in [0.3, 0.4) is 0 Å². The van der Waals surface area contributed by atoms with Crippen LogP contribution in [0.5, 0.6) is 0 Å². The third-order valence-electron chi connectivity index (χ3n) is 6.00. The molecule has 1 spiro atoms. The highest BCUT2D eigenvalue weighted by atomic mass is 35.5. The van der Waals surface area contributed by atoms with E-state index in [4.69, 9.17) is 11.6 Å². The van der Waals surface area contributed by atoms with Gasteiger partial charge in [0.2, 0.25) is 5.66 Å². The highest BCUT2D eigenvalue weighted by Gasteiger charge is 2.57. The number of anilines is 3. The summed E-state index contributed by atoms with van der Waals surface area (Å²) in [7, 11) is 0. The van der Waals surface area contributed by atoms with Crippen LogP contribution in [-0.4, -0.2) is 11.8 Å². The lowest BCUT2D eigenvalue weighted by molar-refractivity contribution is -0.119. The highest BCUT2D eigenvalue weighted by Crippen LogP contribution is 2.49. The molecule has 156 valence electrons. The molecule has 1 atom stereocenters. The molecule has 2 heterocycles. The summed E-state index contributed by atoms with van der Waals surface area (Å²) in [4.78, 5) is 28.8. The van der Waals surface area contributed by atoms with Crippen molar-refractivity contribution in [3.05, 3.63) is 88.4 Å². The first-order valence-electron chi connectivity index (χ1n) is 10.5. The minimum atomic E-state index is -1.42. The first kappa shape index (κ1) is 19.6. The second-order valence-corrected chi connectivity index (χ2v) is 8.32. The molecular formula is C25H22ClN3O2. The number of nitrogens with one attached hydrogen (secondary N) is 2. The molecule has 0 unspecified atom stereocenters. The third-order valence-corrected chi connectivity index (χ3v) is 6.31. The molecule has 31 heavy (non-hydrogen) atoms. The average Bonchev–Trinajstić information content (AvgIpc) is 3.06. The SMILES string of the molecule is CCCCc1ccc(N2C(=O)c3ccccc3N[C@@]23C(=O)Nc2c(Cl)cccc23)cc1. The molecule has 0 saturated carbocycles. The predicted molar refractivity (Wildman–Crippen MR) is 124 cm³/mol. The van der Waals surface area contributed by atoms with Crippen LogP contribution in [0.2, 0.25) is 5.02 Å². The zero-order valence-corrected chi connectivity index (χ0v) is 17.9. The first-order chi connectivity index (χ1) is 15.1. The zero-order valence-electron chi connectivity index (χ0n) is 17.1. The maximum atomic E-state index is 13.7. The van der Waals surface area contributed by atoms with Gasteiger partial charge >= 0.3 is 0 Å². The van der Waals surface area contributed by atoms with Gasteiger partial charge in [0.25, 0.3) is 11.8 Å². The lowest BCUT2D eigenvalue weighted by atomic mass is 9.92. The van der Waals surface area contributed by atoms with Crippen LogP contribution in [0, 0.1) is 0 Å². The van der Waals surface area contributed by atoms with Gasteiger partial charge in [0.15, 0.2) is 0 Å². The van der Waals surface area contributed by atoms with E-state index in [1.807, 2.05) is 48.5 Å². The van der Waals surface area contributed by atoms with Gasteiger partial charge in [0.1, 0.15) is 0 Å². The molecule has 5 rings (SSSR count). The van der Waals surface area contributed by atoms with Gasteiger partial charge in [0, 0.05) is 16.9 Å². The van der Waals surface area contributed by atoms with Crippen LogP contribution >= 0.6 is 11.6 Å². The van der Waals surface area contributed by atoms with Crippen LogP contribution < -0.4 is 15.5 Å². The molecule has 2 aliphatic heterocycles. The maximum Gasteiger partial charge on any atom is 0.276 e. The number of nitrogens with zero attached hydrogens (tertiary/aromatic N) is 1. The van der Waals surface area contributed by atoms with Crippen molar-refractivity contribution in [2.45, 2.75) is 31.8 Å². The highest BCUT2D eigenvalue weighted by molar-refractivity contribution is 6.35. The van der Waals surface area contributed by atoms with Crippen LogP contribution in [0.25, 0.3) is 0 Å². The van der Waals surface area contributed by atoms with Gasteiger partial charge < -0.3 is 10.6 Å². The Labute approximate surface area is 186 Å². The molecule has 0 fully saturated rings. The number of rotatable bonds is 4. The number of carbonyl (C=O) groups is 2. The van der Waals surface area contributed by atoms with Crippen LogP contribution in [0.15, 0.2) is 66.7 Å². The van der Waals surface area contributed by atoms with Gasteiger partial charge in [-0.25, -0.2) is 0 Å². The molecule has 0 bridgehead atoms. The van der Waals surface area contributed by atoms with Crippen molar-refractivity contribution in [3.8, 4) is 0 Å². The van der Waals surface area contributed by atoms with Gasteiger partial charge in [0.05, 0.1) is 16.3 Å². The summed E-state index contributed by atoms with van der Waals surface area (Å²) in [6, 6.07) is 20.5. The molecule has 5 nitrogen and oxygen atoms in total. The smallest absolute Gasteiger partial charge is 0.276 e. The first-order valence-corrected chi connectivity index (χ1v) is 10.8. The number of unbranched alkanes of at least 4 members (excludes halogenated alkanes) is 1. The Balaban J connectivity index is 1.70. The topological polar surface area (TPSA) is 61.4 Å². The second-order valence-electron chi connectivity index (χ2n) is 7.91. The summed E-state index contributed by atoms with van der Waals surface area (Å²) in [6.07, 6.45) is 3.21. The van der Waals surface area contributed by atoms with Gasteiger partial charge in [-0.1, -0.05) is 61.3 Å². The predicted octanol–water partition coefficient (Wildman–Crippen LogP) is 5.56. The summed E-state index contributed by atoms with van der Waals surface area (Å²) in [5.74, 6) is -0.577. The molecule has 6 heteroatoms. The van der Waals surface area contributed by atoms with E-state index in [1.165, 1.54) is 5.56 Å². The molecule has 2 N–H and O–H groups in total. The molecule has 3 aromatic carbocycles. The summed E-state index contributed by atoms with van der Waals surface area (Å²) in [5.41, 5.74) is 2.72. The Hall–Kier alpha value is -3.31. The van der Waals surface area contributed by atoms with E-state index < -0.39 is 5.66 Å². The van der Waals surface area contributed by atoms with Gasteiger partial charge in [-0.05, 0) is 48.7 Å². The summed E-state index contributed by atoms with van der Waals surface area (Å²) in [5, 5.41) is 6.69. The van der Waals surface area contributed by atoms with E-state index in [2.05, 4.69) is 17.6 Å². The molecule has 2 aliphatic rings. The Morgan fingerprint density at radius 3 is 2.52 bits per heavy atom. The van der Waals surface area contributed by atoms with Gasteiger partial charge in [-0.15, -0.1) is 0 Å². The van der Waals surface area contributed by atoms with Crippen molar-refractivity contribution in [3.63, 3.8) is 0 Å². The molecule has 0 aliphatic carbocycles. The lowest BCUT2D eigenvalue weighted by Gasteiger charge is -2.44. The average molecular weight is 432 g/mol. The standard InChI is InChI=1S/C25H22ClN3O2/c1-2-3-7-16-12-14-17(15-13-16)29-23(30)18-8-4-5-11-21(18)28-25(29)19-9-6-10-20(26)22(19)27-24(25)31/h4-6,8-15,28H,2-3,7H2,1H3,(H,27,31)/t25-/m1/s1. The van der Waals surface area contributed by atoms with Crippen LogP contribution in [0.1, 0.15) is 41.3 Å². The number of benzene rings is 3. The van der Waals surface area contributed by atoms with Crippen molar-refractivity contribution < 1.29 is 9.59 Å². The number of amides is 2. The van der Waals surface area contributed by atoms with Crippen molar-refractivity contribution in [2.75, 3.05) is 15.5 Å². The third kappa shape index (κ3) is 2.92. The van der Waals surface area contributed by atoms with E-state index in [-0.39, 0.29) is 11.8 Å². The summed E-state index contributed by atoms with van der Waals surface area (Å²) in [6.45, 7) is 2.16. The largest absolute Gasteiger partial charge is 0.350 e. The quantitative estimate of drug-likeness (QED) is 0.568. The molecular weight excluding hydrogens is 410 g/mol. The Bertz CT molecular complexity index is 1190. The number of hydrogen-bond acceptors (Lipinski definition) is 3. The molecule has 0 aromatic heterocycles. The number of halogens is 1. The van der Waals surface area contributed by atoms with Gasteiger partial charge in [-0.2, -0.15) is 0 Å². The van der Waals surface area contributed by atoms with Crippen molar-refractivity contribution in [2.24, 2.45) is 0 Å². The van der Waals surface area contributed by atoms with E-state index in [0.717, 1.165) is 19.3 Å². The fourth-order valence-corrected chi connectivity index (χ4v) is 4.65.